The number of amides is 1. The van der Waals surface area contributed by atoms with Gasteiger partial charge in [0.15, 0.2) is 0 Å². The third-order valence-corrected chi connectivity index (χ3v) is 3.16. The molecular formula is C13H17NO3S. The van der Waals surface area contributed by atoms with Gasteiger partial charge in [-0.05, 0) is 35.2 Å². The van der Waals surface area contributed by atoms with Crippen molar-refractivity contribution in [1.29, 1.82) is 0 Å². The fourth-order valence-corrected chi connectivity index (χ4v) is 2.29. The molecular weight excluding hydrogens is 250 g/mol. The first-order chi connectivity index (χ1) is 8.61. The number of rotatable bonds is 8. The average Bonchev–Trinajstić information content (AvgIpc) is 2.78. The smallest absolute Gasteiger partial charge is 0.305 e. The van der Waals surface area contributed by atoms with E-state index in [-0.39, 0.29) is 18.4 Å². The molecule has 0 spiro atoms. The van der Waals surface area contributed by atoms with Crippen LogP contribution in [0.5, 0.6) is 0 Å². The van der Waals surface area contributed by atoms with E-state index in [2.05, 4.69) is 11.9 Å². The molecule has 0 aliphatic rings. The van der Waals surface area contributed by atoms with Crippen LogP contribution in [0.3, 0.4) is 0 Å². The zero-order valence-electron chi connectivity index (χ0n) is 10.1. The van der Waals surface area contributed by atoms with Crippen LogP contribution in [-0.2, 0) is 16.0 Å². The lowest BCUT2D eigenvalue weighted by Gasteiger charge is -2.16. The summed E-state index contributed by atoms with van der Waals surface area (Å²) < 4.78 is 0. The lowest BCUT2D eigenvalue weighted by atomic mass is 10.1. The van der Waals surface area contributed by atoms with Crippen molar-refractivity contribution in [1.82, 2.24) is 5.32 Å². The summed E-state index contributed by atoms with van der Waals surface area (Å²) in [5.74, 6) is -1.03. The van der Waals surface area contributed by atoms with Crippen molar-refractivity contribution in [2.75, 3.05) is 0 Å². The number of carboxylic acid groups (broad SMARTS) is 1. The minimum atomic E-state index is -0.903. The molecule has 98 valence electrons. The highest BCUT2D eigenvalue weighted by atomic mass is 32.1. The zero-order chi connectivity index (χ0) is 13.4. The Labute approximate surface area is 110 Å². The SMILES string of the molecule is C=CCCC(=O)N[C@@H](CC(=O)O)Cc1ccsc1. The summed E-state index contributed by atoms with van der Waals surface area (Å²) in [4.78, 5) is 22.3. The highest BCUT2D eigenvalue weighted by Crippen LogP contribution is 2.10. The van der Waals surface area contributed by atoms with Gasteiger partial charge in [0.25, 0.3) is 0 Å². The van der Waals surface area contributed by atoms with Gasteiger partial charge in [0.1, 0.15) is 0 Å². The molecule has 0 unspecified atom stereocenters. The van der Waals surface area contributed by atoms with E-state index in [9.17, 15) is 9.59 Å². The summed E-state index contributed by atoms with van der Waals surface area (Å²) in [5.41, 5.74) is 1.05. The van der Waals surface area contributed by atoms with Gasteiger partial charge in [-0.2, -0.15) is 11.3 Å². The molecule has 0 aliphatic heterocycles. The lowest BCUT2D eigenvalue weighted by molar-refractivity contribution is -0.137. The highest BCUT2D eigenvalue weighted by Gasteiger charge is 2.16. The first kappa shape index (κ1) is 14.4. The van der Waals surface area contributed by atoms with Crippen molar-refractivity contribution in [2.45, 2.75) is 31.7 Å². The quantitative estimate of drug-likeness (QED) is 0.710. The van der Waals surface area contributed by atoms with Gasteiger partial charge in [-0.15, -0.1) is 6.58 Å². The largest absolute Gasteiger partial charge is 0.481 e. The van der Waals surface area contributed by atoms with Crippen LogP contribution in [0.25, 0.3) is 0 Å². The molecule has 0 aliphatic carbocycles. The Balaban J connectivity index is 2.52. The molecule has 0 bridgehead atoms. The number of carbonyl (C=O) groups is 2. The Hall–Kier alpha value is -1.62. The highest BCUT2D eigenvalue weighted by molar-refractivity contribution is 7.07. The number of carboxylic acids is 1. The third-order valence-electron chi connectivity index (χ3n) is 2.42. The third kappa shape index (κ3) is 5.63. The van der Waals surface area contributed by atoms with Gasteiger partial charge in [-0.1, -0.05) is 6.08 Å². The van der Waals surface area contributed by atoms with Crippen molar-refractivity contribution >= 4 is 23.2 Å². The second-order valence-electron chi connectivity index (χ2n) is 4.03. The van der Waals surface area contributed by atoms with Crippen LogP contribution < -0.4 is 5.32 Å². The van der Waals surface area contributed by atoms with Gasteiger partial charge >= 0.3 is 5.97 Å². The molecule has 1 atom stereocenters. The van der Waals surface area contributed by atoms with E-state index in [1.54, 1.807) is 17.4 Å². The van der Waals surface area contributed by atoms with Crippen LogP contribution >= 0.6 is 11.3 Å². The summed E-state index contributed by atoms with van der Waals surface area (Å²) in [5, 5.41) is 15.5. The van der Waals surface area contributed by atoms with Crippen LogP contribution in [0, 0.1) is 0 Å². The maximum Gasteiger partial charge on any atom is 0.305 e. The van der Waals surface area contributed by atoms with Crippen LogP contribution in [0.1, 0.15) is 24.8 Å². The molecule has 1 amide bonds. The number of allylic oxidation sites excluding steroid dienone is 1. The maximum atomic E-state index is 11.6. The second kappa shape index (κ2) is 7.66. The monoisotopic (exact) mass is 267 g/mol. The number of hydrogen-bond donors (Lipinski definition) is 2. The molecule has 0 aromatic carbocycles. The van der Waals surface area contributed by atoms with E-state index < -0.39 is 5.97 Å². The minimum Gasteiger partial charge on any atom is -0.481 e. The predicted molar refractivity (Wildman–Crippen MR) is 71.6 cm³/mol. The summed E-state index contributed by atoms with van der Waals surface area (Å²) in [6.45, 7) is 3.55. The number of thiophene rings is 1. The molecule has 0 saturated heterocycles. The van der Waals surface area contributed by atoms with E-state index in [1.807, 2.05) is 16.8 Å². The molecule has 1 heterocycles. The second-order valence-corrected chi connectivity index (χ2v) is 4.81. The number of hydrogen-bond acceptors (Lipinski definition) is 3. The Morgan fingerprint density at radius 3 is 2.89 bits per heavy atom. The molecule has 1 rings (SSSR count). The number of nitrogens with one attached hydrogen (secondary N) is 1. The summed E-state index contributed by atoms with van der Waals surface area (Å²) in [6.07, 6.45) is 3.11. The van der Waals surface area contributed by atoms with Crippen molar-refractivity contribution in [3.05, 3.63) is 35.0 Å². The number of carbonyl (C=O) groups excluding carboxylic acids is 1. The van der Waals surface area contributed by atoms with Gasteiger partial charge in [-0.3, -0.25) is 9.59 Å². The fraction of sp³-hybridized carbons (Fsp3) is 0.385. The molecule has 1 aromatic heterocycles. The van der Waals surface area contributed by atoms with Gasteiger partial charge in [0.05, 0.1) is 6.42 Å². The van der Waals surface area contributed by atoms with Gasteiger partial charge in [0, 0.05) is 12.5 Å². The van der Waals surface area contributed by atoms with Crippen molar-refractivity contribution in [2.24, 2.45) is 0 Å². The predicted octanol–water partition coefficient (Wildman–Crippen LogP) is 2.22. The first-order valence-corrected chi connectivity index (χ1v) is 6.69. The average molecular weight is 267 g/mol. The van der Waals surface area contributed by atoms with Crippen LogP contribution in [0.2, 0.25) is 0 Å². The van der Waals surface area contributed by atoms with E-state index in [0.717, 1.165) is 5.56 Å². The number of aliphatic carboxylic acids is 1. The molecule has 4 nitrogen and oxygen atoms in total. The Kier molecular flexibility index (Phi) is 6.14. The summed E-state index contributed by atoms with van der Waals surface area (Å²) >= 11 is 1.56. The molecule has 0 saturated carbocycles. The van der Waals surface area contributed by atoms with E-state index in [1.165, 1.54) is 0 Å². The Bertz CT molecular complexity index is 400. The standard InChI is InChI=1S/C13H17NO3S/c1-2-3-4-12(15)14-11(8-13(16)17)7-10-5-6-18-9-10/h2,5-6,9,11H,1,3-4,7-8H2,(H,14,15)(H,16,17)/t11-/m1/s1. The molecule has 0 radical (unpaired) electrons. The zero-order valence-corrected chi connectivity index (χ0v) is 10.9. The van der Waals surface area contributed by atoms with E-state index in [4.69, 9.17) is 5.11 Å². The van der Waals surface area contributed by atoms with Gasteiger partial charge in [-0.25, -0.2) is 0 Å². The van der Waals surface area contributed by atoms with Crippen molar-refractivity contribution in [3.63, 3.8) is 0 Å². The maximum absolute atomic E-state index is 11.6. The van der Waals surface area contributed by atoms with Crippen LogP contribution in [-0.4, -0.2) is 23.0 Å². The molecule has 2 N–H and O–H groups in total. The van der Waals surface area contributed by atoms with Crippen molar-refractivity contribution < 1.29 is 14.7 Å². The molecule has 18 heavy (non-hydrogen) atoms. The molecule has 0 fully saturated rings. The summed E-state index contributed by atoms with van der Waals surface area (Å²) in [7, 11) is 0. The fourth-order valence-electron chi connectivity index (χ4n) is 1.61. The Morgan fingerprint density at radius 2 is 2.33 bits per heavy atom. The lowest BCUT2D eigenvalue weighted by Crippen LogP contribution is -2.37. The van der Waals surface area contributed by atoms with E-state index in [0.29, 0.717) is 19.3 Å². The van der Waals surface area contributed by atoms with E-state index >= 15 is 0 Å². The normalized spacial score (nSPS) is 11.8. The first-order valence-electron chi connectivity index (χ1n) is 5.75. The van der Waals surface area contributed by atoms with Gasteiger partial charge < -0.3 is 10.4 Å². The van der Waals surface area contributed by atoms with Crippen LogP contribution in [0.4, 0.5) is 0 Å². The van der Waals surface area contributed by atoms with Crippen LogP contribution in [0.15, 0.2) is 29.5 Å². The molecule has 1 aromatic rings. The van der Waals surface area contributed by atoms with Gasteiger partial charge in [0.2, 0.25) is 5.91 Å². The molecule has 5 heteroatoms. The Morgan fingerprint density at radius 1 is 1.56 bits per heavy atom. The topological polar surface area (TPSA) is 66.4 Å². The minimum absolute atomic E-state index is 0.0598. The van der Waals surface area contributed by atoms with Crippen molar-refractivity contribution in [3.8, 4) is 0 Å². The summed E-state index contributed by atoms with van der Waals surface area (Å²) in [6, 6.07) is 1.59.